The van der Waals surface area contributed by atoms with Crippen LogP contribution < -0.4 is 15.4 Å². The third-order valence-electron chi connectivity index (χ3n) is 2.39. The van der Waals surface area contributed by atoms with Gasteiger partial charge in [0.2, 0.25) is 10.0 Å². The molecule has 0 aromatic heterocycles. The highest BCUT2D eigenvalue weighted by Crippen LogP contribution is 2.26. The Morgan fingerprint density at radius 3 is 2.61 bits per heavy atom. The van der Waals surface area contributed by atoms with Crippen LogP contribution in [-0.4, -0.2) is 35.6 Å². The minimum absolute atomic E-state index is 0.241. The second-order valence-corrected chi connectivity index (χ2v) is 6.64. The van der Waals surface area contributed by atoms with Crippen LogP contribution in [0.3, 0.4) is 0 Å². The van der Waals surface area contributed by atoms with Gasteiger partial charge in [-0.25, -0.2) is 13.1 Å². The Kier molecular flexibility index (Phi) is 5.58. The molecule has 1 aromatic carbocycles. The van der Waals surface area contributed by atoms with Crippen LogP contribution in [0.4, 0.5) is 5.69 Å². The summed E-state index contributed by atoms with van der Waals surface area (Å²) < 4.78 is 27.3. The highest BCUT2D eigenvalue weighted by atomic mass is 79.9. The third-order valence-corrected chi connectivity index (χ3v) is 4.85. The smallest absolute Gasteiger partial charge is 0.241 e. The third kappa shape index (κ3) is 3.94. The molecule has 18 heavy (non-hydrogen) atoms. The van der Waals surface area contributed by atoms with E-state index in [9.17, 15) is 8.42 Å². The predicted molar refractivity (Wildman–Crippen MR) is 77.3 cm³/mol. The number of nitrogens with zero attached hydrogens (tertiary/aromatic N) is 1. The van der Waals surface area contributed by atoms with Gasteiger partial charge in [-0.05, 0) is 47.1 Å². The second-order valence-electron chi connectivity index (χ2n) is 4.05. The van der Waals surface area contributed by atoms with Gasteiger partial charge in [0.05, 0.1) is 4.90 Å². The summed E-state index contributed by atoms with van der Waals surface area (Å²) in [6, 6.07) is 5.21. The number of benzene rings is 1. The molecule has 1 rings (SSSR count). The normalized spacial score (nSPS) is 11.6. The van der Waals surface area contributed by atoms with Gasteiger partial charge in [0.15, 0.2) is 0 Å². The number of hydrogen-bond donors (Lipinski definition) is 2. The summed E-state index contributed by atoms with van der Waals surface area (Å²) in [4.78, 5) is 2.09. The average molecular weight is 336 g/mol. The van der Waals surface area contributed by atoms with Gasteiger partial charge in [-0.15, -0.1) is 0 Å². The molecule has 3 N–H and O–H groups in total. The van der Waals surface area contributed by atoms with E-state index in [1.54, 1.807) is 12.1 Å². The van der Waals surface area contributed by atoms with Gasteiger partial charge in [0.1, 0.15) is 0 Å². The van der Waals surface area contributed by atoms with Gasteiger partial charge in [-0.2, -0.15) is 0 Å². The molecule has 7 heteroatoms. The molecular formula is C11H18BrN3O2S. The maximum absolute atomic E-state index is 12.1. The number of nitrogens with one attached hydrogen (secondary N) is 1. The minimum Gasteiger partial charge on any atom is -0.378 e. The number of sulfonamides is 1. The molecule has 0 saturated carbocycles. The van der Waals surface area contributed by atoms with E-state index in [1.807, 2.05) is 25.1 Å². The number of halogens is 1. The van der Waals surface area contributed by atoms with Crippen molar-refractivity contribution in [2.24, 2.45) is 5.73 Å². The quantitative estimate of drug-likeness (QED) is 0.764. The van der Waals surface area contributed by atoms with E-state index < -0.39 is 10.0 Å². The van der Waals surface area contributed by atoms with E-state index >= 15 is 0 Å². The van der Waals surface area contributed by atoms with E-state index in [0.29, 0.717) is 24.0 Å². The number of nitrogens with two attached hydrogens (primary N) is 1. The minimum atomic E-state index is -3.50. The maximum atomic E-state index is 12.1. The van der Waals surface area contributed by atoms with Crippen LogP contribution in [0.1, 0.15) is 6.42 Å². The summed E-state index contributed by atoms with van der Waals surface area (Å²) in [7, 11) is 0.227. The molecule has 0 saturated heterocycles. The van der Waals surface area contributed by atoms with E-state index in [0.717, 1.165) is 5.69 Å². The predicted octanol–water partition coefficient (Wildman–Crippen LogP) is 1.14. The topological polar surface area (TPSA) is 75.4 Å². The standard InChI is InChI=1S/C11H18BrN3O2S/c1-15(2)9-4-5-10(12)11(8-9)18(16,17)14-7-3-6-13/h4-5,8,14H,3,6-7,13H2,1-2H3. The molecular weight excluding hydrogens is 318 g/mol. The van der Waals surface area contributed by atoms with Gasteiger partial charge in [-0.3, -0.25) is 0 Å². The first-order valence-corrected chi connectivity index (χ1v) is 7.82. The summed E-state index contributed by atoms with van der Waals surface area (Å²) in [6.07, 6.45) is 0.615. The van der Waals surface area contributed by atoms with Gasteiger partial charge in [0, 0.05) is 30.8 Å². The number of hydrogen-bond acceptors (Lipinski definition) is 4. The van der Waals surface area contributed by atoms with Crippen molar-refractivity contribution in [2.75, 3.05) is 32.1 Å². The molecule has 102 valence electrons. The first kappa shape index (κ1) is 15.4. The molecule has 0 aliphatic carbocycles. The Bertz CT molecular complexity index is 503. The first-order chi connectivity index (χ1) is 8.38. The summed E-state index contributed by atoms with van der Waals surface area (Å²) in [5, 5.41) is 0. The monoisotopic (exact) mass is 335 g/mol. The fourth-order valence-corrected chi connectivity index (χ4v) is 3.42. The van der Waals surface area contributed by atoms with E-state index in [2.05, 4.69) is 20.7 Å². The molecule has 0 spiro atoms. The average Bonchev–Trinajstić information content (AvgIpc) is 2.29. The molecule has 1 aromatic rings. The molecule has 0 fully saturated rings. The zero-order valence-corrected chi connectivity index (χ0v) is 12.9. The van der Waals surface area contributed by atoms with Gasteiger partial charge in [0.25, 0.3) is 0 Å². The van der Waals surface area contributed by atoms with Crippen LogP contribution in [-0.2, 0) is 10.0 Å². The molecule has 0 aliphatic heterocycles. The van der Waals surface area contributed by atoms with Crippen LogP contribution >= 0.6 is 15.9 Å². The fourth-order valence-electron chi connectivity index (χ4n) is 1.36. The second kappa shape index (κ2) is 6.51. The largest absolute Gasteiger partial charge is 0.378 e. The van der Waals surface area contributed by atoms with Crippen LogP contribution in [0.15, 0.2) is 27.6 Å². The number of rotatable bonds is 6. The van der Waals surface area contributed by atoms with Crippen LogP contribution in [0.5, 0.6) is 0 Å². The highest BCUT2D eigenvalue weighted by molar-refractivity contribution is 9.10. The summed E-state index contributed by atoms with van der Waals surface area (Å²) >= 11 is 3.26. The highest BCUT2D eigenvalue weighted by Gasteiger charge is 2.17. The van der Waals surface area contributed by atoms with Gasteiger partial charge >= 0.3 is 0 Å². The lowest BCUT2D eigenvalue weighted by Gasteiger charge is -2.15. The SMILES string of the molecule is CN(C)c1ccc(Br)c(S(=O)(=O)NCCCN)c1. The van der Waals surface area contributed by atoms with E-state index in [1.165, 1.54) is 0 Å². The van der Waals surface area contributed by atoms with Crippen molar-refractivity contribution in [3.05, 3.63) is 22.7 Å². The zero-order chi connectivity index (χ0) is 13.8. The molecule has 0 amide bonds. The van der Waals surface area contributed by atoms with Crippen molar-refractivity contribution in [2.45, 2.75) is 11.3 Å². The van der Waals surface area contributed by atoms with Crippen molar-refractivity contribution < 1.29 is 8.42 Å². The maximum Gasteiger partial charge on any atom is 0.241 e. The van der Waals surface area contributed by atoms with Crippen LogP contribution in [0.2, 0.25) is 0 Å². The van der Waals surface area contributed by atoms with Crippen molar-refractivity contribution in [1.29, 1.82) is 0 Å². The molecule has 0 unspecified atom stereocenters. The lowest BCUT2D eigenvalue weighted by atomic mass is 10.3. The van der Waals surface area contributed by atoms with Crippen LogP contribution in [0.25, 0.3) is 0 Å². The lowest BCUT2D eigenvalue weighted by Crippen LogP contribution is -2.26. The van der Waals surface area contributed by atoms with Crippen molar-refractivity contribution >= 4 is 31.6 Å². The zero-order valence-electron chi connectivity index (χ0n) is 10.5. The summed E-state index contributed by atoms with van der Waals surface area (Å²) in [5.74, 6) is 0. The molecule has 0 bridgehead atoms. The molecule has 0 radical (unpaired) electrons. The molecule has 0 aliphatic rings. The van der Waals surface area contributed by atoms with Crippen LogP contribution in [0, 0.1) is 0 Å². The number of anilines is 1. The van der Waals surface area contributed by atoms with Crippen molar-refractivity contribution in [3.8, 4) is 0 Å². The Morgan fingerprint density at radius 1 is 1.39 bits per heavy atom. The fraction of sp³-hybridized carbons (Fsp3) is 0.455. The Balaban J connectivity index is 3.03. The van der Waals surface area contributed by atoms with E-state index in [4.69, 9.17) is 5.73 Å². The first-order valence-electron chi connectivity index (χ1n) is 5.55. The Hall–Kier alpha value is -0.630. The van der Waals surface area contributed by atoms with Gasteiger partial charge in [-0.1, -0.05) is 0 Å². The molecule has 0 atom stereocenters. The summed E-state index contributed by atoms with van der Waals surface area (Å²) in [6.45, 7) is 0.804. The molecule has 0 heterocycles. The summed E-state index contributed by atoms with van der Waals surface area (Å²) in [5.41, 5.74) is 6.17. The Labute approximate surface area is 117 Å². The Morgan fingerprint density at radius 2 is 2.06 bits per heavy atom. The van der Waals surface area contributed by atoms with E-state index in [-0.39, 0.29) is 4.90 Å². The van der Waals surface area contributed by atoms with Crippen molar-refractivity contribution in [3.63, 3.8) is 0 Å². The lowest BCUT2D eigenvalue weighted by molar-refractivity contribution is 0.579. The van der Waals surface area contributed by atoms with Gasteiger partial charge < -0.3 is 10.6 Å². The molecule has 5 nitrogen and oxygen atoms in total. The van der Waals surface area contributed by atoms with Crippen molar-refractivity contribution in [1.82, 2.24) is 4.72 Å².